The predicted octanol–water partition coefficient (Wildman–Crippen LogP) is 5.22. The van der Waals surface area contributed by atoms with Crippen molar-refractivity contribution < 1.29 is 9.47 Å². The molecule has 2 aromatic heterocycles. The van der Waals surface area contributed by atoms with Gasteiger partial charge in [0.25, 0.3) is 0 Å². The van der Waals surface area contributed by atoms with Gasteiger partial charge in [-0.2, -0.15) is 0 Å². The van der Waals surface area contributed by atoms with E-state index < -0.39 is 0 Å². The van der Waals surface area contributed by atoms with E-state index in [2.05, 4.69) is 32.5 Å². The van der Waals surface area contributed by atoms with Crippen LogP contribution >= 0.6 is 35.3 Å². The highest BCUT2D eigenvalue weighted by Crippen LogP contribution is 2.31. The number of hydrogen-bond acceptors (Lipinski definition) is 6. The number of aliphatic imine (C=N–C) groups is 1. The fraction of sp³-hybridized carbons (Fsp3) is 0.348. The molecular weight excluding hydrogens is 537 g/mol. The van der Waals surface area contributed by atoms with Gasteiger partial charge in [-0.05, 0) is 38.5 Å². The van der Waals surface area contributed by atoms with E-state index in [9.17, 15) is 0 Å². The summed E-state index contributed by atoms with van der Waals surface area (Å²) in [4.78, 5) is 14.4. The van der Waals surface area contributed by atoms with Gasteiger partial charge < -0.3 is 20.1 Å². The zero-order valence-corrected chi connectivity index (χ0v) is 22.0. The standard InChI is InChI=1S/C23H29N5O2S.HI/c1-5-13-29-19-10-6-7-11-20(19)30-22-18(9-8-12-25-22)14-26-23(24-4)27-15-21-16(2)28-17(3)31-21;/h6-12H,5,13-15H2,1-4H3,(H2,24,26,27);1H. The Kier molecular flexibility index (Phi) is 10.7. The van der Waals surface area contributed by atoms with E-state index in [-0.39, 0.29) is 24.0 Å². The number of ether oxygens (including phenoxy) is 2. The summed E-state index contributed by atoms with van der Waals surface area (Å²) >= 11 is 1.69. The Hall–Kier alpha value is -2.40. The van der Waals surface area contributed by atoms with Crippen LogP contribution in [0.15, 0.2) is 47.6 Å². The summed E-state index contributed by atoms with van der Waals surface area (Å²) in [7, 11) is 1.75. The molecule has 32 heavy (non-hydrogen) atoms. The van der Waals surface area contributed by atoms with Crippen molar-refractivity contribution in [3.05, 3.63) is 63.7 Å². The molecule has 0 aliphatic rings. The predicted molar refractivity (Wildman–Crippen MR) is 141 cm³/mol. The molecule has 1 aromatic carbocycles. The number of thiazole rings is 1. The summed E-state index contributed by atoms with van der Waals surface area (Å²) in [6, 6.07) is 11.5. The van der Waals surface area contributed by atoms with Gasteiger partial charge in [0.1, 0.15) is 0 Å². The Morgan fingerprint density at radius 1 is 1.06 bits per heavy atom. The smallest absolute Gasteiger partial charge is 0.224 e. The molecule has 0 saturated heterocycles. The van der Waals surface area contributed by atoms with Gasteiger partial charge in [0.2, 0.25) is 5.88 Å². The highest BCUT2D eigenvalue weighted by atomic mass is 127. The van der Waals surface area contributed by atoms with Crippen molar-refractivity contribution in [2.45, 2.75) is 40.3 Å². The lowest BCUT2D eigenvalue weighted by Gasteiger charge is -2.15. The molecule has 2 heterocycles. The van der Waals surface area contributed by atoms with Crippen LogP contribution in [0.25, 0.3) is 0 Å². The molecule has 3 aromatic rings. The van der Waals surface area contributed by atoms with Gasteiger partial charge in [0, 0.05) is 30.2 Å². The molecule has 0 aliphatic carbocycles. The second-order valence-electron chi connectivity index (χ2n) is 6.89. The summed E-state index contributed by atoms with van der Waals surface area (Å²) < 4.78 is 11.9. The van der Waals surface area contributed by atoms with Crippen molar-refractivity contribution in [1.29, 1.82) is 0 Å². The van der Waals surface area contributed by atoms with Crippen LogP contribution in [0.3, 0.4) is 0 Å². The van der Waals surface area contributed by atoms with Gasteiger partial charge in [0.15, 0.2) is 17.5 Å². The van der Waals surface area contributed by atoms with Crippen LogP contribution in [0.4, 0.5) is 0 Å². The van der Waals surface area contributed by atoms with Gasteiger partial charge in [-0.1, -0.05) is 25.1 Å². The third-order valence-electron chi connectivity index (χ3n) is 4.45. The van der Waals surface area contributed by atoms with E-state index >= 15 is 0 Å². The van der Waals surface area contributed by atoms with Crippen molar-refractivity contribution in [2.75, 3.05) is 13.7 Å². The van der Waals surface area contributed by atoms with E-state index in [1.165, 1.54) is 4.88 Å². The van der Waals surface area contributed by atoms with Crippen LogP contribution < -0.4 is 20.1 Å². The van der Waals surface area contributed by atoms with Crippen molar-refractivity contribution >= 4 is 41.3 Å². The lowest BCUT2D eigenvalue weighted by Crippen LogP contribution is -2.36. The van der Waals surface area contributed by atoms with E-state index in [4.69, 9.17) is 9.47 Å². The molecule has 3 rings (SSSR count). The Balaban J connectivity index is 0.00000363. The summed E-state index contributed by atoms with van der Waals surface area (Å²) in [5.74, 6) is 2.59. The van der Waals surface area contributed by atoms with Crippen LogP contribution in [-0.2, 0) is 13.1 Å². The highest BCUT2D eigenvalue weighted by molar-refractivity contribution is 14.0. The van der Waals surface area contributed by atoms with Gasteiger partial charge in [0.05, 0.1) is 23.9 Å². The maximum absolute atomic E-state index is 6.11. The molecule has 0 amide bonds. The SMILES string of the molecule is CCCOc1ccccc1Oc1ncccc1CNC(=NC)NCc1sc(C)nc1C.I. The van der Waals surface area contributed by atoms with Crippen molar-refractivity contribution in [1.82, 2.24) is 20.6 Å². The number of nitrogens with one attached hydrogen (secondary N) is 2. The number of halogens is 1. The molecule has 0 fully saturated rings. The average Bonchev–Trinajstić information content (AvgIpc) is 3.11. The summed E-state index contributed by atoms with van der Waals surface area (Å²) in [5.41, 5.74) is 1.97. The minimum atomic E-state index is 0. The molecule has 172 valence electrons. The number of pyridine rings is 1. The Labute approximate surface area is 210 Å². The zero-order valence-electron chi connectivity index (χ0n) is 18.8. The van der Waals surface area contributed by atoms with Crippen LogP contribution in [0.1, 0.15) is 34.5 Å². The zero-order chi connectivity index (χ0) is 22.1. The molecule has 7 nitrogen and oxygen atoms in total. The Morgan fingerprint density at radius 3 is 2.50 bits per heavy atom. The molecular formula is C23H30IN5O2S. The summed E-state index contributed by atoms with van der Waals surface area (Å²) in [5, 5.41) is 7.74. The number of aromatic nitrogens is 2. The molecule has 9 heteroatoms. The second-order valence-corrected chi connectivity index (χ2v) is 8.17. The third-order valence-corrected chi connectivity index (χ3v) is 5.53. The number of nitrogens with zero attached hydrogens (tertiary/aromatic N) is 3. The van der Waals surface area contributed by atoms with Crippen LogP contribution in [0.2, 0.25) is 0 Å². The summed E-state index contributed by atoms with van der Waals surface area (Å²) in [6.07, 6.45) is 2.65. The van der Waals surface area contributed by atoms with E-state index in [0.29, 0.717) is 43.0 Å². The fourth-order valence-corrected chi connectivity index (χ4v) is 3.80. The van der Waals surface area contributed by atoms with Crippen LogP contribution in [-0.4, -0.2) is 29.6 Å². The van der Waals surface area contributed by atoms with Crippen molar-refractivity contribution in [3.63, 3.8) is 0 Å². The maximum atomic E-state index is 6.11. The molecule has 0 bridgehead atoms. The minimum absolute atomic E-state index is 0. The number of para-hydroxylation sites is 2. The van der Waals surface area contributed by atoms with E-state index in [1.807, 2.05) is 50.2 Å². The van der Waals surface area contributed by atoms with Crippen LogP contribution in [0, 0.1) is 13.8 Å². The number of hydrogen-bond donors (Lipinski definition) is 2. The lowest BCUT2D eigenvalue weighted by molar-refractivity contribution is 0.300. The van der Waals surface area contributed by atoms with Gasteiger partial charge in [-0.3, -0.25) is 4.99 Å². The minimum Gasteiger partial charge on any atom is -0.490 e. The molecule has 0 atom stereocenters. The topological polar surface area (TPSA) is 80.7 Å². The average molecular weight is 567 g/mol. The molecule has 0 aliphatic heterocycles. The number of guanidine groups is 1. The number of aryl methyl sites for hydroxylation is 2. The highest BCUT2D eigenvalue weighted by Gasteiger charge is 2.11. The Morgan fingerprint density at radius 2 is 1.81 bits per heavy atom. The fourth-order valence-electron chi connectivity index (χ4n) is 2.92. The quantitative estimate of drug-likeness (QED) is 0.210. The molecule has 0 saturated carbocycles. The first-order chi connectivity index (χ1) is 15.1. The first kappa shape index (κ1) is 25.9. The van der Waals surface area contributed by atoms with Crippen molar-refractivity contribution in [3.8, 4) is 17.4 Å². The number of benzene rings is 1. The van der Waals surface area contributed by atoms with Crippen LogP contribution in [0.5, 0.6) is 17.4 Å². The Bertz CT molecular complexity index is 1030. The second kappa shape index (κ2) is 13.2. The first-order valence-corrected chi connectivity index (χ1v) is 11.1. The number of rotatable bonds is 9. The first-order valence-electron chi connectivity index (χ1n) is 10.3. The largest absolute Gasteiger partial charge is 0.490 e. The monoisotopic (exact) mass is 567 g/mol. The molecule has 0 spiro atoms. The van der Waals surface area contributed by atoms with Gasteiger partial charge in [-0.25, -0.2) is 9.97 Å². The molecule has 0 unspecified atom stereocenters. The maximum Gasteiger partial charge on any atom is 0.224 e. The lowest BCUT2D eigenvalue weighted by atomic mass is 10.2. The van der Waals surface area contributed by atoms with Crippen molar-refractivity contribution in [2.24, 2.45) is 4.99 Å². The molecule has 2 N–H and O–H groups in total. The third kappa shape index (κ3) is 7.33. The van der Waals surface area contributed by atoms with Gasteiger partial charge >= 0.3 is 0 Å². The van der Waals surface area contributed by atoms with E-state index in [0.717, 1.165) is 22.7 Å². The molecule has 0 radical (unpaired) electrons. The normalized spacial score (nSPS) is 10.9. The van der Waals surface area contributed by atoms with Gasteiger partial charge in [-0.15, -0.1) is 35.3 Å². The summed E-state index contributed by atoms with van der Waals surface area (Å²) in [6.45, 7) is 7.95. The van der Waals surface area contributed by atoms with E-state index in [1.54, 1.807) is 24.6 Å².